The number of Topliss-reactive ketones (excluding diaryl/α,β-unsaturated/α-hetero) is 1. The highest BCUT2D eigenvalue weighted by molar-refractivity contribution is 5.91. The molecule has 0 aromatic rings. The van der Waals surface area contributed by atoms with Crippen LogP contribution in [-0.4, -0.2) is 23.3 Å². The molecule has 0 radical (unpaired) electrons. The Hall–Kier alpha value is -0.900. The topological polar surface area (TPSA) is 72.2 Å². The molecule has 0 saturated heterocycles. The molecule has 0 rings (SSSR count). The Morgan fingerprint density at radius 3 is 2.15 bits per heavy atom. The van der Waals surface area contributed by atoms with Crippen LogP contribution in [0.5, 0.6) is 0 Å². The van der Waals surface area contributed by atoms with Crippen LogP contribution in [0.2, 0.25) is 0 Å². The maximum Gasteiger partial charge on any atom is 0.240 e. The minimum Gasteiger partial charge on any atom is -0.345 e. The maximum absolute atomic E-state index is 11.4. The number of hydrogen-bond donors (Lipinski definition) is 2. The van der Waals surface area contributed by atoms with Gasteiger partial charge in [0.25, 0.3) is 0 Å². The lowest BCUT2D eigenvalue weighted by Gasteiger charge is -2.21. The van der Waals surface area contributed by atoms with Crippen molar-refractivity contribution in [1.82, 2.24) is 5.32 Å². The van der Waals surface area contributed by atoms with Crippen molar-refractivity contribution < 1.29 is 9.59 Å². The summed E-state index contributed by atoms with van der Waals surface area (Å²) >= 11 is 0. The van der Waals surface area contributed by atoms with Crippen LogP contribution in [0.1, 0.15) is 34.1 Å². The molecule has 4 heteroatoms. The summed E-state index contributed by atoms with van der Waals surface area (Å²) in [6, 6.07) is -0.407. The molecular weight excluding hydrogens is 168 g/mol. The van der Waals surface area contributed by atoms with E-state index in [0.717, 1.165) is 0 Å². The van der Waals surface area contributed by atoms with Crippen LogP contribution in [0, 0.1) is 0 Å². The maximum atomic E-state index is 11.4. The quantitative estimate of drug-likeness (QED) is 0.659. The van der Waals surface area contributed by atoms with E-state index in [9.17, 15) is 9.59 Å². The first-order chi connectivity index (χ1) is 5.79. The molecule has 13 heavy (non-hydrogen) atoms. The predicted molar refractivity (Wildman–Crippen MR) is 51.2 cm³/mol. The molecular formula is C9H18N2O2. The third-order valence-corrected chi connectivity index (χ3v) is 1.79. The Kier molecular flexibility index (Phi) is 4.07. The van der Waals surface area contributed by atoms with Crippen molar-refractivity contribution >= 4 is 11.7 Å². The summed E-state index contributed by atoms with van der Waals surface area (Å²) in [7, 11) is 0. The van der Waals surface area contributed by atoms with Gasteiger partial charge in [0.2, 0.25) is 5.91 Å². The molecule has 0 aliphatic rings. The highest BCUT2D eigenvalue weighted by atomic mass is 16.2. The highest BCUT2D eigenvalue weighted by Crippen LogP contribution is 1.99. The van der Waals surface area contributed by atoms with Gasteiger partial charge in [-0.1, -0.05) is 6.92 Å². The van der Waals surface area contributed by atoms with E-state index in [1.54, 1.807) is 13.8 Å². The molecule has 0 aliphatic carbocycles. The summed E-state index contributed by atoms with van der Waals surface area (Å²) in [5.41, 5.74) is 4.63. The van der Waals surface area contributed by atoms with Crippen LogP contribution in [0.15, 0.2) is 0 Å². The van der Waals surface area contributed by atoms with E-state index < -0.39 is 11.6 Å². The summed E-state index contributed by atoms with van der Waals surface area (Å²) in [5.74, 6) is -0.338. The summed E-state index contributed by atoms with van der Waals surface area (Å²) in [6.45, 7) is 6.51. The van der Waals surface area contributed by atoms with Gasteiger partial charge in [0.15, 0.2) is 5.78 Å². The largest absolute Gasteiger partial charge is 0.345 e. The second-order valence-corrected chi connectivity index (χ2v) is 3.77. The van der Waals surface area contributed by atoms with Crippen molar-refractivity contribution in [1.29, 1.82) is 0 Å². The van der Waals surface area contributed by atoms with Gasteiger partial charge in [0, 0.05) is 0 Å². The standard InChI is InChI=1S/C9H18N2O2/c1-5-7(6(2)12)11-8(13)9(3,4)10/h7H,5,10H2,1-4H3,(H,11,13). The van der Waals surface area contributed by atoms with E-state index in [2.05, 4.69) is 5.32 Å². The SMILES string of the molecule is CCC(NC(=O)C(C)(C)N)C(C)=O. The van der Waals surface area contributed by atoms with Gasteiger partial charge < -0.3 is 11.1 Å². The molecule has 1 amide bonds. The van der Waals surface area contributed by atoms with Gasteiger partial charge in [-0.15, -0.1) is 0 Å². The molecule has 0 aromatic heterocycles. The molecule has 0 aliphatic heterocycles. The van der Waals surface area contributed by atoms with E-state index in [-0.39, 0.29) is 11.7 Å². The Morgan fingerprint density at radius 2 is 1.92 bits per heavy atom. The normalized spacial score (nSPS) is 13.6. The van der Waals surface area contributed by atoms with Crippen LogP contribution in [-0.2, 0) is 9.59 Å². The zero-order valence-electron chi connectivity index (χ0n) is 8.68. The van der Waals surface area contributed by atoms with Crippen LogP contribution in [0.25, 0.3) is 0 Å². The molecule has 3 N–H and O–H groups in total. The highest BCUT2D eigenvalue weighted by Gasteiger charge is 2.25. The predicted octanol–water partition coefficient (Wildman–Crippen LogP) is 0.207. The monoisotopic (exact) mass is 186 g/mol. The first-order valence-electron chi connectivity index (χ1n) is 4.39. The van der Waals surface area contributed by atoms with Crippen molar-refractivity contribution in [2.75, 3.05) is 0 Å². The van der Waals surface area contributed by atoms with Crippen molar-refractivity contribution in [3.05, 3.63) is 0 Å². The molecule has 1 unspecified atom stereocenters. The lowest BCUT2D eigenvalue weighted by molar-refractivity contribution is -0.129. The van der Waals surface area contributed by atoms with E-state index in [0.29, 0.717) is 6.42 Å². The third kappa shape index (κ3) is 4.03. The summed E-state index contributed by atoms with van der Waals surface area (Å²) < 4.78 is 0. The molecule has 0 spiro atoms. The van der Waals surface area contributed by atoms with E-state index in [4.69, 9.17) is 5.73 Å². The smallest absolute Gasteiger partial charge is 0.240 e. The van der Waals surface area contributed by atoms with Crippen molar-refractivity contribution in [2.24, 2.45) is 5.73 Å². The number of carbonyl (C=O) groups excluding carboxylic acids is 2. The Bertz CT molecular complexity index is 206. The summed E-state index contributed by atoms with van der Waals surface area (Å²) in [6.07, 6.45) is 0.594. The number of amides is 1. The number of nitrogens with two attached hydrogens (primary N) is 1. The summed E-state index contributed by atoms with van der Waals surface area (Å²) in [4.78, 5) is 22.3. The molecule has 0 fully saturated rings. The van der Waals surface area contributed by atoms with E-state index in [1.165, 1.54) is 6.92 Å². The van der Waals surface area contributed by atoms with Gasteiger partial charge in [-0.3, -0.25) is 9.59 Å². The second-order valence-electron chi connectivity index (χ2n) is 3.77. The molecule has 0 saturated carbocycles. The van der Waals surface area contributed by atoms with Crippen molar-refractivity contribution in [3.8, 4) is 0 Å². The van der Waals surface area contributed by atoms with Crippen LogP contribution >= 0.6 is 0 Å². The number of hydrogen-bond acceptors (Lipinski definition) is 3. The molecule has 76 valence electrons. The zero-order valence-corrected chi connectivity index (χ0v) is 8.68. The van der Waals surface area contributed by atoms with Gasteiger partial charge >= 0.3 is 0 Å². The number of carbonyl (C=O) groups is 2. The minimum atomic E-state index is -0.928. The summed E-state index contributed by atoms with van der Waals surface area (Å²) in [5, 5.41) is 2.59. The Morgan fingerprint density at radius 1 is 1.46 bits per heavy atom. The van der Waals surface area contributed by atoms with Crippen molar-refractivity contribution in [3.63, 3.8) is 0 Å². The number of ketones is 1. The third-order valence-electron chi connectivity index (χ3n) is 1.79. The Labute approximate surface area is 78.9 Å². The molecule has 1 atom stereocenters. The van der Waals surface area contributed by atoms with E-state index in [1.807, 2.05) is 6.92 Å². The van der Waals surface area contributed by atoms with E-state index >= 15 is 0 Å². The van der Waals surface area contributed by atoms with Crippen LogP contribution < -0.4 is 11.1 Å². The first-order valence-corrected chi connectivity index (χ1v) is 4.39. The average Bonchev–Trinajstić information content (AvgIpc) is 1.96. The fourth-order valence-electron chi connectivity index (χ4n) is 0.835. The Balaban J connectivity index is 4.26. The average molecular weight is 186 g/mol. The molecule has 0 bridgehead atoms. The fourth-order valence-corrected chi connectivity index (χ4v) is 0.835. The minimum absolute atomic E-state index is 0.0416. The molecule has 0 heterocycles. The van der Waals surface area contributed by atoms with Crippen LogP contribution in [0.3, 0.4) is 0 Å². The van der Waals surface area contributed by atoms with Gasteiger partial charge in [0.1, 0.15) is 0 Å². The van der Waals surface area contributed by atoms with Gasteiger partial charge in [-0.25, -0.2) is 0 Å². The first kappa shape index (κ1) is 12.1. The van der Waals surface area contributed by atoms with Gasteiger partial charge in [-0.05, 0) is 27.2 Å². The second kappa shape index (κ2) is 4.37. The number of rotatable bonds is 4. The fraction of sp³-hybridized carbons (Fsp3) is 0.778. The molecule has 4 nitrogen and oxygen atoms in total. The lowest BCUT2D eigenvalue weighted by Crippen LogP contribution is -2.53. The van der Waals surface area contributed by atoms with Crippen molar-refractivity contribution in [2.45, 2.75) is 45.7 Å². The van der Waals surface area contributed by atoms with Crippen LogP contribution in [0.4, 0.5) is 0 Å². The molecule has 0 aromatic carbocycles. The lowest BCUT2D eigenvalue weighted by atomic mass is 10.0. The van der Waals surface area contributed by atoms with Gasteiger partial charge in [-0.2, -0.15) is 0 Å². The zero-order chi connectivity index (χ0) is 10.6. The number of nitrogens with one attached hydrogen (secondary N) is 1. The van der Waals surface area contributed by atoms with Gasteiger partial charge in [0.05, 0.1) is 11.6 Å².